The van der Waals surface area contributed by atoms with Crippen molar-refractivity contribution in [2.45, 2.75) is 25.5 Å². The summed E-state index contributed by atoms with van der Waals surface area (Å²) in [4.78, 5) is 2.19. The van der Waals surface area contributed by atoms with Crippen LogP contribution in [0.3, 0.4) is 0 Å². The van der Waals surface area contributed by atoms with Gasteiger partial charge in [-0.3, -0.25) is 0 Å². The molecule has 66 valence electrons. The quantitative estimate of drug-likeness (QED) is 0.548. The number of nitrogens with zero attached hydrogens (tertiary/aromatic N) is 1. The van der Waals surface area contributed by atoms with Gasteiger partial charge in [-0.2, -0.15) is 0 Å². The maximum Gasteiger partial charge on any atom is 0.0553 e. The number of piperidine rings is 1. The summed E-state index contributed by atoms with van der Waals surface area (Å²) in [7, 11) is 2.05. The molecule has 0 bridgehead atoms. The zero-order valence-electron chi connectivity index (χ0n) is 7.33. The van der Waals surface area contributed by atoms with Gasteiger partial charge in [0.2, 0.25) is 0 Å². The van der Waals surface area contributed by atoms with Crippen LogP contribution in [0.5, 0.6) is 0 Å². The minimum atomic E-state index is -0.219. The number of rotatable bonds is 1. The van der Waals surface area contributed by atoms with Crippen molar-refractivity contribution in [3.63, 3.8) is 0 Å². The second-order valence-corrected chi connectivity index (χ2v) is 3.72. The normalized spacial score (nSPS) is 37.1. The van der Waals surface area contributed by atoms with E-state index in [2.05, 4.69) is 11.9 Å². The van der Waals surface area contributed by atoms with E-state index < -0.39 is 0 Å². The molecule has 3 heteroatoms. The van der Waals surface area contributed by atoms with Gasteiger partial charge in [-0.1, -0.05) is 0 Å². The smallest absolute Gasteiger partial charge is 0.0553 e. The lowest BCUT2D eigenvalue weighted by atomic mass is 9.91. The molecule has 0 aromatic heterocycles. The maximum absolute atomic E-state index is 9.33. The zero-order valence-corrected chi connectivity index (χ0v) is 7.33. The van der Waals surface area contributed by atoms with E-state index in [-0.39, 0.29) is 12.1 Å². The molecule has 0 aromatic carbocycles. The molecule has 1 heterocycles. The Hall–Kier alpha value is -0.120. The lowest BCUT2D eigenvalue weighted by molar-refractivity contribution is 0.0650. The zero-order chi connectivity index (χ0) is 8.43. The fourth-order valence-corrected chi connectivity index (χ4v) is 1.76. The van der Waals surface area contributed by atoms with Crippen LogP contribution in [0.25, 0.3) is 0 Å². The molecule has 3 nitrogen and oxygen atoms in total. The van der Waals surface area contributed by atoms with Crippen molar-refractivity contribution < 1.29 is 5.11 Å². The summed E-state index contributed by atoms with van der Waals surface area (Å²) in [6.07, 6.45) is 0.742. The van der Waals surface area contributed by atoms with E-state index in [1.54, 1.807) is 0 Å². The molecule has 0 amide bonds. The van der Waals surface area contributed by atoms with Crippen LogP contribution in [0, 0.1) is 5.92 Å². The third-order valence-electron chi connectivity index (χ3n) is 2.38. The molecule has 3 unspecified atom stereocenters. The van der Waals surface area contributed by atoms with Gasteiger partial charge in [0.25, 0.3) is 0 Å². The minimum Gasteiger partial charge on any atom is -0.393 e. The van der Waals surface area contributed by atoms with E-state index in [1.807, 2.05) is 6.92 Å². The van der Waals surface area contributed by atoms with Gasteiger partial charge >= 0.3 is 0 Å². The van der Waals surface area contributed by atoms with Gasteiger partial charge in [-0.15, -0.1) is 0 Å². The Kier molecular flexibility index (Phi) is 2.87. The number of aliphatic hydroxyl groups excluding tert-OH is 1. The molecular weight excluding hydrogens is 140 g/mol. The SMILES string of the molecule is CC(O)C1CC(N)CN(C)C1. The third-order valence-corrected chi connectivity index (χ3v) is 2.38. The summed E-state index contributed by atoms with van der Waals surface area (Å²) in [6, 6.07) is 0.244. The second kappa shape index (κ2) is 3.52. The fraction of sp³-hybridized carbons (Fsp3) is 1.00. The summed E-state index contributed by atoms with van der Waals surface area (Å²) in [5.74, 6) is 0.365. The summed E-state index contributed by atoms with van der Waals surface area (Å²) >= 11 is 0. The average molecular weight is 158 g/mol. The predicted octanol–water partition coefficient (Wildman–Crippen LogP) is -0.354. The summed E-state index contributed by atoms with van der Waals surface area (Å²) in [6.45, 7) is 3.78. The molecule has 1 saturated heterocycles. The van der Waals surface area contributed by atoms with Gasteiger partial charge < -0.3 is 15.7 Å². The highest BCUT2D eigenvalue weighted by Crippen LogP contribution is 2.17. The topological polar surface area (TPSA) is 49.5 Å². The van der Waals surface area contributed by atoms with Crippen LogP contribution in [0.15, 0.2) is 0 Å². The van der Waals surface area contributed by atoms with Gasteiger partial charge in [0.15, 0.2) is 0 Å². The minimum absolute atomic E-state index is 0.219. The van der Waals surface area contributed by atoms with E-state index in [4.69, 9.17) is 5.73 Å². The van der Waals surface area contributed by atoms with Crippen LogP contribution in [-0.4, -0.2) is 42.3 Å². The summed E-state index contributed by atoms with van der Waals surface area (Å²) in [5.41, 5.74) is 5.80. The molecule has 0 radical (unpaired) electrons. The maximum atomic E-state index is 9.33. The van der Waals surface area contributed by atoms with Crippen molar-refractivity contribution in [1.82, 2.24) is 4.90 Å². The molecular formula is C8H18N2O. The van der Waals surface area contributed by atoms with E-state index in [0.29, 0.717) is 5.92 Å². The molecule has 0 aromatic rings. The van der Waals surface area contributed by atoms with Gasteiger partial charge in [0, 0.05) is 19.1 Å². The number of likely N-dealkylation sites (tertiary alicyclic amines) is 1. The van der Waals surface area contributed by atoms with Crippen molar-refractivity contribution >= 4 is 0 Å². The standard InChI is InChI=1S/C8H18N2O/c1-6(11)7-3-8(9)5-10(2)4-7/h6-8,11H,3-5,9H2,1-2H3. The molecule has 1 fully saturated rings. The Morgan fingerprint density at radius 3 is 2.64 bits per heavy atom. The number of likely N-dealkylation sites (N-methyl/N-ethyl adjacent to an activating group) is 1. The highest BCUT2D eigenvalue weighted by Gasteiger charge is 2.25. The lowest BCUT2D eigenvalue weighted by Gasteiger charge is -2.35. The Labute approximate surface area is 68.2 Å². The van der Waals surface area contributed by atoms with E-state index >= 15 is 0 Å². The van der Waals surface area contributed by atoms with Crippen molar-refractivity contribution in [2.75, 3.05) is 20.1 Å². The van der Waals surface area contributed by atoms with Crippen LogP contribution < -0.4 is 5.73 Å². The van der Waals surface area contributed by atoms with Gasteiger partial charge in [0.05, 0.1) is 6.10 Å². The van der Waals surface area contributed by atoms with Crippen molar-refractivity contribution in [3.8, 4) is 0 Å². The van der Waals surface area contributed by atoms with Gasteiger partial charge in [-0.25, -0.2) is 0 Å². The van der Waals surface area contributed by atoms with Crippen molar-refractivity contribution in [3.05, 3.63) is 0 Å². The molecule has 3 N–H and O–H groups in total. The highest BCUT2D eigenvalue weighted by molar-refractivity contribution is 4.81. The Morgan fingerprint density at radius 1 is 1.55 bits per heavy atom. The number of hydrogen-bond acceptors (Lipinski definition) is 3. The van der Waals surface area contributed by atoms with Crippen LogP contribution in [0.1, 0.15) is 13.3 Å². The van der Waals surface area contributed by atoms with E-state index in [9.17, 15) is 5.11 Å². The van der Waals surface area contributed by atoms with Crippen LogP contribution >= 0.6 is 0 Å². The average Bonchev–Trinajstić information content (AvgIpc) is 1.85. The second-order valence-electron chi connectivity index (χ2n) is 3.72. The first-order valence-electron chi connectivity index (χ1n) is 4.21. The molecule has 3 atom stereocenters. The molecule has 1 rings (SSSR count). The van der Waals surface area contributed by atoms with Crippen LogP contribution in [0.2, 0.25) is 0 Å². The molecule has 1 aliphatic heterocycles. The van der Waals surface area contributed by atoms with Crippen molar-refractivity contribution in [2.24, 2.45) is 11.7 Å². The van der Waals surface area contributed by atoms with Crippen LogP contribution in [-0.2, 0) is 0 Å². The number of aliphatic hydroxyl groups is 1. The van der Waals surface area contributed by atoms with Gasteiger partial charge in [-0.05, 0) is 26.3 Å². The summed E-state index contributed by atoms with van der Waals surface area (Å²) < 4.78 is 0. The Bertz CT molecular complexity index is 117. The first-order valence-corrected chi connectivity index (χ1v) is 4.21. The van der Waals surface area contributed by atoms with Gasteiger partial charge in [0.1, 0.15) is 0 Å². The van der Waals surface area contributed by atoms with E-state index in [0.717, 1.165) is 19.5 Å². The van der Waals surface area contributed by atoms with Crippen LogP contribution in [0.4, 0.5) is 0 Å². The molecule has 11 heavy (non-hydrogen) atoms. The molecule has 1 aliphatic rings. The largest absolute Gasteiger partial charge is 0.393 e. The molecule has 0 aliphatic carbocycles. The van der Waals surface area contributed by atoms with E-state index in [1.165, 1.54) is 0 Å². The number of nitrogens with two attached hydrogens (primary N) is 1. The summed E-state index contributed by atoms with van der Waals surface area (Å²) in [5, 5.41) is 9.33. The monoisotopic (exact) mass is 158 g/mol. The molecule has 0 saturated carbocycles. The number of hydrogen-bond donors (Lipinski definition) is 2. The first-order chi connectivity index (χ1) is 5.09. The lowest BCUT2D eigenvalue weighted by Crippen LogP contribution is -2.47. The fourth-order valence-electron chi connectivity index (χ4n) is 1.76. The Morgan fingerprint density at radius 2 is 2.18 bits per heavy atom. The highest BCUT2D eigenvalue weighted by atomic mass is 16.3. The Balaban J connectivity index is 2.43. The predicted molar refractivity (Wildman–Crippen MR) is 45.3 cm³/mol. The first kappa shape index (κ1) is 8.97. The van der Waals surface area contributed by atoms with Crippen molar-refractivity contribution in [1.29, 1.82) is 0 Å². The molecule has 0 spiro atoms. The third kappa shape index (κ3) is 2.43.